The predicted octanol–water partition coefficient (Wildman–Crippen LogP) is 4.14. The van der Waals surface area contributed by atoms with Crippen molar-refractivity contribution in [1.82, 2.24) is 0 Å². The Morgan fingerprint density at radius 2 is 1.58 bits per heavy atom. The number of hydrogen-bond donors (Lipinski definition) is 1. The van der Waals surface area contributed by atoms with Crippen LogP contribution >= 0.6 is 0 Å². The fraction of sp³-hybridized carbons (Fsp3) is 0.562. The topological polar surface area (TPSA) is 46.5 Å². The lowest BCUT2D eigenvalue weighted by Gasteiger charge is -2.34. The number of esters is 1. The average molecular weight is 390 g/mol. The van der Waals surface area contributed by atoms with E-state index >= 15 is 0 Å². The Morgan fingerprint density at radius 1 is 1.04 bits per heavy atom. The number of benzene rings is 1. The van der Waals surface area contributed by atoms with E-state index in [2.05, 4.69) is 4.74 Å². The second-order valence-corrected chi connectivity index (χ2v) is 5.69. The molecule has 0 saturated carbocycles. The highest BCUT2D eigenvalue weighted by Crippen LogP contribution is 2.50. The summed E-state index contributed by atoms with van der Waals surface area (Å²) in [5, 5.41) is 10.2. The molecule has 0 fully saturated rings. The largest absolute Gasteiger partial charge is 0.464 e. The van der Waals surface area contributed by atoms with Gasteiger partial charge in [-0.05, 0) is 25.3 Å². The van der Waals surface area contributed by atoms with Gasteiger partial charge in [0.1, 0.15) is 0 Å². The van der Waals surface area contributed by atoms with E-state index in [1.807, 2.05) is 0 Å². The number of carbonyl (C=O) groups is 1. The molecule has 1 atom stereocenters. The fourth-order valence-electron chi connectivity index (χ4n) is 2.21. The Labute approximate surface area is 144 Å². The zero-order valence-corrected chi connectivity index (χ0v) is 13.6. The molecule has 1 rings (SSSR count). The molecule has 0 aromatic heterocycles. The highest BCUT2D eigenvalue weighted by molar-refractivity contribution is 5.79. The van der Waals surface area contributed by atoms with E-state index in [1.165, 1.54) is 19.1 Å². The van der Waals surface area contributed by atoms with E-state index in [0.717, 1.165) is 0 Å². The van der Waals surface area contributed by atoms with Crippen LogP contribution in [0.2, 0.25) is 0 Å². The van der Waals surface area contributed by atoms with Gasteiger partial charge in [-0.15, -0.1) is 0 Å². The molecule has 0 saturated heterocycles. The molecule has 10 heteroatoms. The van der Waals surface area contributed by atoms with Gasteiger partial charge in [-0.25, -0.2) is 4.79 Å². The zero-order chi connectivity index (χ0) is 20.2. The smallest absolute Gasteiger partial charge is 0.459 e. The Morgan fingerprint density at radius 3 is 2.04 bits per heavy atom. The maximum Gasteiger partial charge on any atom is 0.459 e. The van der Waals surface area contributed by atoms with Crippen LogP contribution in [0.15, 0.2) is 30.3 Å². The van der Waals surface area contributed by atoms with Crippen LogP contribution in [0.3, 0.4) is 0 Å². The molecule has 0 heterocycles. The summed E-state index contributed by atoms with van der Waals surface area (Å²) in [5.41, 5.74) is -2.76. The Balaban J connectivity index is 3.11. The molecule has 3 nitrogen and oxygen atoms in total. The first-order valence-electron chi connectivity index (χ1n) is 7.53. The van der Waals surface area contributed by atoms with E-state index in [4.69, 9.17) is 0 Å². The van der Waals surface area contributed by atoms with Crippen LogP contribution in [-0.4, -0.2) is 41.3 Å². The molecule has 1 aromatic rings. The van der Waals surface area contributed by atoms with E-state index in [-0.39, 0.29) is 13.0 Å². The number of halogens is 7. The third-order valence-corrected chi connectivity index (χ3v) is 3.66. The van der Waals surface area contributed by atoms with Crippen LogP contribution in [-0.2, 0) is 16.0 Å². The van der Waals surface area contributed by atoms with Gasteiger partial charge in [-0.1, -0.05) is 30.3 Å². The highest BCUT2D eigenvalue weighted by Gasteiger charge is 2.74. The number of hydrogen-bond acceptors (Lipinski definition) is 3. The first-order chi connectivity index (χ1) is 11.8. The van der Waals surface area contributed by atoms with Gasteiger partial charge in [0.05, 0.1) is 13.0 Å². The monoisotopic (exact) mass is 390 g/mol. The predicted molar refractivity (Wildman–Crippen MR) is 76.9 cm³/mol. The van der Waals surface area contributed by atoms with Crippen LogP contribution in [0.25, 0.3) is 0 Å². The summed E-state index contributed by atoms with van der Waals surface area (Å²) >= 11 is 0. The second-order valence-electron chi connectivity index (χ2n) is 5.69. The van der Waals surface area contributed by atoms with Gasteiger partial charge in [-0.3, -0.25) is 0 Å². The van der Waals surface area contributed by atoms with Crippen LogP contribution in [0.1, 0.15) is 25.3 Å². The Bertz CT molecular complexity index is 602. The summed E-state index contributed by atoms with van der Waals surface area (Å²) in [6.07, 6.45) is -10.0. The Kier molecular flexibility index (Phi) is 6.67. The van der Waals surface area contributed by atoms with Gasteiger partial charge in [0.2, 0.25) is 0 Å². The lowest BCUT2D eigenvalue weighted by Crippen LogP contribution is -2.57. The normalized spacial score (nSPS) is 15.4. The van der Waals surface area contributed by atoms with Gasteiger partial charge < -0.3 is 9.84 Å². The van der Waals surface area contributed by atoms with Gasteiger partial charge in [0, 0.05) is 0 Å². The van der Waals surface area contributed by atoms with Crippen molar-refractivity contribution in [2.75, 3.05) is 6.61 Å². The van der Waals surface area contributed by atoms with Crippen molar-refractivity contribution in [3.05, 3.63) is 35.9 Å². The molecule has 26 heavy (non-hydrogen) atoms. The zero-order valence-electron chi connectivity index (χ0n) is 13.6. The van der Waals surface area contributed by atoms with Crippen LogP contribution in [0.5, 0.6) is 0 Å². The number of rotatable bonds is 8. The summed E-state index contributed by atoms with van der Waals surface area (Å²) in [5.74, 6) is -13.8. The van der Waals surface area contributed by atoms with E-state index in [0.29, 0.717) is 5.56 Å². The summed E-state index contributed by atoms with van der Waals surface area (Å²) in [7, 11) is 0. The Hall–Kier alpha value is -1.84. The van der Waals surface area contributed by atoms with E-state index < -0.39 is 42.4 Å². The summed E-state index contributed by atoms with van der Waals surface area (Å²) < 4.78 is 94.8. The van der Waals surface area contributed by atoms with Crippen molar-refractivity contribution < 1.29 is 45.4 Å². The first kappa shape index (κ1) is 22.2. The molecule has 1 unspecified atom stereocenters. The summed E-state index contributed by atoms with van der Waals surface area (Å²) in [6, 6.07) is 7.76. The van der Waals surface area contributed by atoms with Gasteiger partial charge >= 0.3 is 24.0 Å². The minimum absolute atomic E-state index is 0.218. The molecular weight excluding hydrogens is 373 g/mol. The molecular formula is C16H17F7O3. The quantitative estimate of drug-likeness (QED) is 0.536. The average Bonchev–Trinajstić information content (AvgIpc) is 2.52. The summed E-state index contributed by atoms with van der Waals surface area (Å²) in [6.45, 7) is 0.881. The van der Waals surface area contributed by atoms with E-state index in [9.17, 15) is 40.6 Å². The molecule has 0 bridgehead atoms. The number of alkyl halides is 7. The maximum absolute atomic E-state index is 13.7. The third kappa shape index (κ3) is 4.87. The van der Waals surface area contributed by atoms with Gasteiger partial charge in [-0.2, -0.15) is 30.7 Å². The molecule has 0 aliphatic heterocycles. The van der Waals surface area contributed by atoms with Crippen LogP contribution < -0.4 is 0 Å². The van der Waals surface area contributed by atoms with Crippen molar-refractivity contribution in [2.45, 2.75) is 49.8 Å². The molecule has 0 spiro atoms. The molecule has 1 aromatic carbocycles. The SMILES string of the molecule is CCOC(=O)C(O)(CCc1ccccc1)CC(F)(F)C(F)(F)C(F)(F)F. The molecule has 148 valence electrons. The molecule has 0 radical (unpaired) electrons. The lowest BCUT2D eigenvalue weighted by atomic mass is 9.87. The number of aliphatic hydroxyl groups is 1. The van der Waals surface area contributed by atoms with Crippen LogP contribution in [0.4, 0.5) is 30.7 Å². The van der Waals surface area contributed by atoms with E-state index in [1.54, 1.807) is 18.2 Å². The van der Waals surface area contributed by atoms with Crippen molar-refractivity contribution in [1.29, 1.82) is 0 Å². The van der Waals surface area contributed by atoms with Gasteiger partial charge in [0.15, 0.2) is 5.60 Å². The fourth-order valence-corrected chi connectivity index (χ4v) is 2.21. The number of ether oxygens (including phenoxy) is 1. The van der Waals surface area contributed by atoms with Crippen molar-refractivity contribution >= 4 is 5.97 Å². The molecule has 0 amide bonds. The molecule has 1 N–H and O–H groups in total. The third-order valence-electron chi connectivity index (χ3n) is 3.66. The number of carbonyl (C=O) groups excluding carboxylic acids is 1. The minimum Gasteiger partial charge on any atom is -0.464 e. The second kappa shape index (κ2) is 7.81. The van der Waals surface area contributed by atoms with Gasteiger partial charge in [0.25, 0.3) is 0 Å². The van der Waals surface area contributed by atoms with Crippen molar-refractivity contribution in [2.24, 2.45) is 0 Å². The van der Waals surface area contributed by atoms with Crippen molar-refractivity contribution in [3.8, 4) is 0 Å². The highest BCUT2D eigenvalue weighted by atomic mass is 19.4. The molecule has 0 aliphatic rings. The maximum atomic E-state index is 13.7. The lowest BCUT2D eigenvalue weighted by molar-refractivity contribution is -0.360. The summed E-state index contributed by atoms with van der Waals surface area (Å²) in [4.78, 5) is 11.8. The van der Waals surface area contributed by atoms with Crippen LogP contribution in [0, 0.1) is 0 Å². The molecule has 0 aliphatic carbocycles. The standard InChI is InChI=1S/C16H17F7O3/c1-2-26-12(24)13(25,9-8-11-6-4-3-5-7-11)10-14(17,18)15(19,20)16(21,22)23/h3-7,25H,2,8-10H2,1H3. The number of aryl methyl sites for hydroxylation is 1. The van der Waals surface area contributed by atoms with Crippen molar-refractivity contribution in [3.63, 3.8) is 0 Å². The minimum atomic E-state index is -6.55. The first-order valence-corrected chi connectivity index (χ1v) is 7.53.